The van der Waals surface area contributed by atoms with Gasteiger partial charge in [-0.05, 0) is 51.5 Å². The van der Waals surface area contributed by atoms with Gasteiger partial charge < -0.3 is 10.5 Å². The first kappa shape index (κ1) is 21.7. The largest absolute Gasteiger partial charge is 0.375 e. The van der Waals surface area contributed by atoms with Gasteiger partial charge in [-0.1, -0.05) is 48.9 Å². The van der Waals surface area contributed by atoms with E-state index in [9.17, 15) is 9.59 Å². The van der Waals surface area contributed by atoms with Crippen molar-refractivity contribution in [2.24, 2.45) is 5.73 Å². The SMILES string of the molecule is CC1(C)C[C@H](n2c(SCC(N)=O)nc3c(c2=O)C2(CCCC2)Cc2ccccc2-3)CCO1. The number of carbonyl (C=O) groups is 1. The molecular formula is C25H31N3O3S. The summed E-state index contributed by atoms with van der Waals surface area (Å²) >= 11 is 1.28. The van der Waals surface area contributed by atoms with Gasteiger partial charge in [0.1, 0.15) is 0 Å². The highest BCUT2D eigenvalue weighted by molar-refractivity contribution is 7.99. The molecule has 1 saturated heterocycles. The average molecular weight is 454 g/mol. The second-order valence-corrected chi connectivity index (χ2v) is 11.1. The summed E-state index contributed by atoms with van der Waals surface area (Å²) < 4.78 is 7.81. The third-order valence-electron chi connectivity index (χ3n) is 7.36. The summed E-state index contributed by atoms with van der Waals surface area (Å²) in [5, 5.41) is 0.597. The number of nitrogens with two attached hydrogens (primary N) is 1. The Morgan fingerprint density at radius 1 is 1.28 bits per heavy atom. The fraction of sp³-hybridized carbons (Fsp3) is 0.560. The number of amides is 1. The number of rotatable bonds is 4. The lowest BCUT2D eigenvalue weighted by Crippen LogP contribution is -2.44. The smallest absolute Gasteiger partial charge is 0.258 e. The molecule has 2 N–H and O–H groups in total. The highest BCUT2D eigenvalue weighted by atomic mass is 32.2. The summed E-state index contributed by atoms with van der Waals surface area (Å²) in [5.74, 6) is -0.307. The van der Waals surface area contributed by atoms with Gasteiger partial charge in [0.15, 0.2) is 5.16 Å². The van der Waals surface area contributed by atoms with Crippen molar-refractivity contribution in [1.29, 1.82) is 0 Å². The molecule has 0 bridgehead atoms. The van der Waals surface area contributed by atoms with E-state index in [4.69, 9.17) is 15.5 Å². The molecule has 2 aromatic rings. The Hall–Kier alpha value is -2.12. The van der Waals surface area contributed by atoms with E-state index in [1.807, 2.05) is 10.6 Å². The normalized spacial score (nSPS) is 23.0. The van der Waals surface area contributed by atoms with Crippen molar-refractivity contribution < 1.29 is 9.53 Å². The molecule has 170 valence electrons. The molecule has 2 fully saturated rings. The first-order valence-electron chi connectivity index (χ1n) is 11.6. The van der Waals surface area contributed by atoms with Crippen molar-refractivity contribution in [3.63, 3.8) is 0 Å². The number of thioether (sulfide) groups is 1. The van der Waals surface area contributed by atoms with Crippen LogP contribution in [0.1, 0.15) is 69.5 Å². The van der Waals surface area contributed by atoms with E-state index in [0.29, 0.717) is 11.8 Å². The van der Waals surface area contributed by atoms with Crippen LogP contribution in [0.25, 0.3) is 11.3 Å². The molecule has 1 spiro atoms. The van der Waals surface area contributed by atoms with Gasteiger partial charge in [0.05, 0.1) is 22.6 Å². The van der Waals surface area contributed by atoms with Crippen LogP contribution in [0.4, 0.5) is 0 Å². The fourth-order valence-electron chi connectivity index (χ4n) is 6.00. The zero-order valence-corrected chi connectivity index (χ0v) is 19.7. The van der Waals surface area contributed by atoms with E-state index < -0.39 is 5.91 Å². The fourth-order valence-corrected chi connectivity index (χ4v) is 6.80. The first-order chi connectivity index (χ1) is 15.3. The number of ether oxygens (including phenoxy) is 1. The molecule has 0 unspecified atom stereocenters. The molecule has 0 radical (unpaired) electrons. The second kappa shape index (κ2) is 8.03. The molecule has 1 aromatic carbocycles. The van der Waals surface area contributed by atoms with Gasteiger partial charge in [-0.25, -0.2) is 4.98 Å². The number of nitrogens with zero attached hydrogens (tertiary/aromatic N) is 2. The predicted octanol–water partition coefficient (Wildman–Crippen LogP) is 3.99. The molecule has 1 amide bonds. The molecule has 3 aliphatic rings. The third kappa shape index (κ3) is 3.69. The maximum absolute atomic E-state index is 14.3. The molecule has 1 aromatic heterocycles. The number of aromatic nitrogens is 2. The zero-order valence-electron chi connectivity index (χ0n) is 18.9. The molecule has 6 nitrogen and oxygen atoms in total. The van der Waals surface area contributed by atoms with Crippen LogP contribution >= 0.6 is 11.8 Å². The lowest BCUT2D eigenvalue weighted by Gasteiger charge is -2.40. The average Bonchev–Trinajstić information content (AvgIpc) is 3.19. The van der Waals surface area contributed by atoms with Crippen molar-refractivity contribution in [3.8, 4) is 11.3 Å². The van der Waals surface area contributed by atoms with Crippen molar-refractivity contribution in [3.05, 3.63) is 45.7 Å². The molecule has 2 aliphatic carbocycles. The van der Waals surface area contributed by atoms with Crippen LogP contribution in [0.2, 0.25) is 0 Å². The molecule has 5 rings (SSSR count). The van der Waals surface area contributed by atoms with E-state index in [-0.39, 0.29) is 28.4 Å². The van der Waals surface area contributed by atoms with Crippen molar-refractivity contribution in [2.75, 3.05) is 12.4 Å². The summed E-state index contributed by atoms with van der Waals surface area (Å²) in [7, 11) is 0. The topological polar surface area (TPSA) is 87.2 Å². The number of hydrogen-bond acceptors (Lipinski definition) is 5. The summed E-state index contributed by atoms with van der Waals surface area (Å²) in [6, 6.07) is 8.32. The minimum atomic E-state index is -0.409. The number of fused-ring (bicyclic) bond motifs is 4. The zero-order chi connectivity index (χ0) is 22.5. The van der Waals surface area contributed by atoms with Gasteiger partial charge in [-0.2, -0.15) is 0 Å². The van der Waals surface area contributed by atoms with Crippen LogP contribution in [0.3, 0.4) is 0 Å². The third-order valence-corrected chi connectivity index (χ3v) is 8.33. The van der Waals surface area contributed by atoms with Gasteiger partial charge in [-0.15, -0.1) is 0 Å². The Balaban J connectivity index is 1.74. The minimum absolute atomic E-state index is 0.00458. The molecule has 32 heavy (non-hydrogen) atoms. The monoisotopic (exact) mass is 453 g/mol. The van der Waals surface area contributed by atoms with Crippen molar-refractivity contribution >= 4 is 17.7 Å². The van der Waals surface area contributed by atoms with Gasteiger partial charge in [0.25, 0.3) is 5.56 Å². The van der Waals surface area contributed by atoms with E-state index in [2.05, 4.69) is 32.0 Å². The van der Waals surface area contributed by atoms with Crippen LogP contribution in [-0.2, 0) is 21.4 Å². The van der Waals surface area contributed by atoms with Crippen LogP contribution in [-0.4, -0.2) is 33.4 Å². The van der Waals surface area contributed by atoms with Gasteiger partial charge >= 0.3 is 0 Å². The molecule has 7 heteroatoms. The quantitative estimate of drug-likeness (QED) is 0.559. The maximum atomic E-state index is 14.3. The van der Waals surface area contributed by atoms with Crippen LogP contribution in [0.5, 0.6) is 0 Å². The van der Waals surface area contributed by atoms with Crippen LogP contribution in [0.15, 0.2) is 34.2 Å². The summed E-state index contributed by atoms with van der Waals surface area (Å²) in [6.45, 7) is 4.75. The Bertz CT molecular complexity index is 1120. The standard InChI is InChI=1S/C25H31N3O3S/c1-24(2)14-17(9-12-31-24)28-22(30)20-21(27-23(28)32-15-19(26)29)18-8-4-3-7-16(18)13-25(20)10-5-6-11-25/h3-4,7-8,17H,5-6,9-15H2,1-2H3,(H2,26,29)/t17-/m1/s1. The van der Waals surface area contributed by atoms with Gasteiger partial charge in [0.2, 0.25) is 5.91 Å². The maximum Gasteiger partial charge on any atom is 0.258 e. The molecule has 1 saturated carbocycles. The molecule has 1 aliphatic heterocycles. The van der Waals surface area contributed by atoms with Crippen LogP contribution in [0, 0.1) is 0 Å². The molecular weight excluding hydrogens is 422 g/mol. The van der Waals surface area contributed by atoms with E-state index in [1.54, 1.807) is 0 Å². The van der Waals surface area contributed by atoms with E-state index >= 15 is 0 Å². The number of hydrogen-bond donors (Lipinski definition) is 1. The number of benzene rings is 1. The molecule has 1 atom stereocenters. The van der Waals surface area contributed by atoms with E-state index in [1.165, 1.54) is 17.3 Å². The van der Waals surface area contributed by atoms with Crippen molar-refractivity contribution in [1.82, 2.24) is 9.55 Å². The molecule has 2 heterocycles. The highest BCUT2D eigenvalue weighted by Crippen LogP contribution is 2.50. The first-order valence-corrected chi connectivity index (χ1v) is 12.6. The second-order valence-electron chi connectivity index (χ2n) is 10.1. The Morgan fingerprint density at radius 2 is 2.03 bits per heavy atom. The lowest BCUT2D eigenvalue weighted by molar-refractivity contribution is -0.115. The minimum Gasteiger partial charge on any atom is -0.375 e. The van der Waals surface area contributed by atoms with E-state index in [0.717, 1.165) is 61.8 Å². The highest BCUT2D eigenvalue weighted by Gasteiger charge is 2.45. The Kier molecular flexibility index (Phi) is 5.45. The van der Waals surface area contributed by atoms with Gasteiger partial charge in [-0.3, -0.25) is 14.2 Å². The summed E-state index contributed by atoms with van der Waals surface area (Å²) in [4.78, 5) is 31.0. The summed E-state index contributed by atoms with van der Waals surface area (Å²) in [5.41, 5.74) is 9.12. The van der Waals surface area contributed by atoms with Gasteiger partial charge in [0, 0.05) is 23.6 Å². The Labute approximate surface area is 192 Å². The number of primary amides is 1. The van der Waals surface area contributed by atoms with Crippen molar-refractivity contribution in [2.45, 2.75) is 81.0 Å². The summed E-state index contributed by atoms with van der Waals surface area (Å²) in [6.07, 6.45) is 6.74. The Morgan fingerprint density at radius 3 is 2.75 bits per heavy atom. The lowest BCUT2D eigenvalue weighted by atomic mass is 9.68. The van der Waals surface area contributed by atoms with Crippen LogP contribution < -0.4 is 11.3 Å². The predicted molar refractivity (Wildman–Crippen MR) is 126 cm³/mol. The number of carbonyl (C=O) groups excluding carboxylic acids is 1.